The molecule has 0 radical (unpaired) electrons. The predicted molar refractivity (Wildman–Crippen MR) is 76.8 cm³/mol. The highest BCUT2D eigenvalue weighted by atomic mass is 32.1. The fourth-order valence-electron chi connectivity index (χ4n) is 1.51. The first-order valence-electron chi connectivity index (χ1n) is 6.18. The first-order valence-corrected chi connectivity index (χ1v) is 7.06. The molecular formula is C14H24N2S. The zero-order valence-corrected chi connectivity index (χ0v) is 12.4. The number of hydrogen-bond acceptors (Lipinski definition) is 3. The van der Waals surface area contributed by atoms with Crippen molar-refractivity contribution in [1.82, 2.24) is 10.3 Å². The average molecular weight is 252 g/mol. The van der Waals surface area contributed by atoms with Crippen molar-refractivity contribution in [2.45, 2.75) is 46.0 Å². The molecule has 0 unspecified atom stereocenters. The summed E-state index contributed by atoms with van der Waals surface area (Å²) < 4.78 is 0. The van der Waals surface area contributed by atoms with Crippen LogP contribution in [0.4, 0.5) is 0 Å². The molecule has 0 amide bonds. The van der Waals surface area contributed by atoms with Gasteiger partial charge in [0, 0.05) is 17.2 Å². The van der Waals surface area contributed by atoms with Crippen LogP contribution in [0.1, 0.15) is 44.8 Å². The molecule has 0 atom stereocenters. The number of rotatable bonds is 5. The minimum atomic E-state index is 0.165. The smallest absolute Gasteiger partial charge is 0.0968 e. The highest BCUT2D eigenvalue weighted by Crippen LogP contribution is 2.24. The largest absolute Gasteiger partial charge is 0.319 e. The molecule has 0 aliphatic carbocycles. The van der Waals surface area contributed by atoms with E-state index in [-0.39, 0.29) is 5.41 Å². The summed E-state index contributed by atoms with van der Waals surface area (Å²) in [5, 5.41) is 6.57. The molecule has 1 rings (SSSR count). The second kappa shape index (κ2) is 6.31. The Balaban J connectivity index is 2.57. The molecule has 96 valence electrons. The number of nitrogens with one attached hydrogen (secondary N) is 1. The van der Waals surface area contributed by atoms with Crippen LogP contribution in [0.25, 0.3) is 0 Å². The third-order valence-electron chi connectivity index (χ3n) is 2.64. The summed E-state index contributed by atoms with van der Waals surface area (Å²) in [6, 6.07) is 0. The first kappa shape index (κ1) is 14.4. The Morgan fingerprint density at radius 1 is 1.47 bits per heavy atom. The van der Waals surface area contributed by atoms with E-state index in [9.17, 15) is 0 Å². The van der Waals surface area contributed by atoms with Crippen LogP contribution in [-0.4, -0.2) is 18.6 Å². The quantitative estimate of drug-likeness (QED) is 0.640. The molecule has 0 aromatic carbocycles. The maximum atomic E-state index is 4.71. The van der Waals surface area contributed by atoms with E-state index in [1.807, 2.05) is 7.05 Å². The number of allylic oxidation sites excluding steroid dienone is 1. The predicted octanol–water partition coefficient (Wildman–Crippen LogP) is 3.54. The van der Waals surface area contributed by atoms with E-state index in [1.54, 1.807) is 11.3 Å². The summed E-state index contributed by atoms with van der Waals surface area (Å²) in [7, 11) is 1.99. The van der Waals surface area contributed by atoms with Crippen LogP contribution in [0.2, 0.25) is 0 Å². The topological polar surface area (TPSA) is 24.9 Å². The molecule has 0 saturated heterocycles. The molecular weight excluding hydrogens is 228 g/mol. The average Bonchev–Trinajstić information content (AvgIpc) is 2.66. The molecule has 1 heterocycles. The summed E-state index contributed by atoms with van der Waals surface area (Å²) in [5.74, 6) is 0. The lowest BCUT2D eigenvalue weighted by Gasteiger charge is -2.14. The van der Waals surface area contributed by atoms with Crippen molar-refractivity contribution in [3.63, 3.8) is 0 Å². The molecule has 3 heteroatoms. The van der Waals surface area contributed by atoms with Crippen LogP contribution in [0, 0.1) is 0 Å². The molecule has 0 spiro atoms. The van der Waals surface area contributed by atoms with Gasteiger partial charge in [-0.05, 0) is 26.9 Å². The number of hydrogen-bond donors (Lipinski definition) is 1. The molecule has 0 saturated carbocycles. The third-order valence-corrected chi connectivity index (χ3v) is 3.49. The SMILES string of the molecule is CNCCC=C(C)Cc1nc(C(C)(C)C)cs1. The van der Waals surface area contributed by atoms with Crippen LogP contribution in [0.15, 0.2) is 17.0 Å². The minimum absolute atomic E-state index is 0.165. The molecule has 0 fully saturated rings. The van der Waals surface area contributed by atoms with Crippen molar-refractivity contribution in [3.05, 3.63) is 27.7 Å². The Hall–Kier alpha value is -0.670. The van der Waals surface area contributed by atoms with Gasteiger partial charge in [-0.3, -0.25) is 0 Å². The highest BCUT2D eigenvalue weighted by molar-refractivity contribution is 7.09. The lowest BCUT2D eigenvalue weighted by molar-refractivity contribution is 0.571. The van der Waals surface area contributed by atoms with E-state index < -0.39 is 0 Å². The maximum Gasteiger partial charge on any atom is 0.0968 e. The standard InChI is InChI=1S/C14H24N2S/c1-11(7-6-8-15-5)9-13-16-12(10-17-13)14(2,3)4/h7,10,15H,6,8-9H2,1-5H3. The summed E-state index contributed by atoms with van der Waals surface area (Å²) in [6.45, 7) is 9.86. The van der Waals surface area contributed by atoms with Gasteiger partial charge in [-0.1, -0.05) is 32.4 Å². The van der Waals surface area contributed by atoms with Crippen molar-refractivity contribution in [2.75, 3.05) is 13.6 Å². The molecule has 0 bridgehead atoms. The molecule has 1 aromatic rings. The molecule has 1 N–H and O–H groups in total. The van der Waals surface area contributed by atoms with Gasteiger partial charge in [0.05, 0.1) is 10.7 Å². The summed E-state index contributed by atoms with van der Waals surface area (Å²) in [6.07, 6.45) is 4.39. The summed E-state index contributed by atoms with van der Waals surface area (Å²) in [5.41, 5.74) is 2.79. The lowest BCUT2D eigenvalue weighted by Crippen LogP contribution is -2.11. The Morgan fingerprint density at radius 2 is 2.18 bits per heavy atom. The number of aromatic nitrogens is 1. The van der Waals surface area contributed by atoms with E-state index in [2.05, 4.69) is 44.5 Å². The van der Waals surface area contributed by atoms with Crippen molar-refractivity contribution < 1.29 is 0 Å². The Kier molecular flexibility index (Phi) is 5.34. The third kappa shape index (κ3) is 5.00. The first-order chi connectivity index (χ1) is 7.93. The van der Waals surface area contributed by atoms with Gasteiger partial charge in [-0.25, -0.2) is 4.98 Å². The van der Waals surface area contributed by atoms with E-state index in [0.717, 1.165) is 19.4 Å². The van der Waals surface area contributed by atoms with Crippen LogP contribution in [0.3, 0.4) is 0 Å². The minimum Gasteiger partial charge on any atom is -0.319 e. The molecule has 0 aliphatic rings. The van der Waals surface area contributed by atoms with Gasteiger partial charge in [0.1, 0.15) is 0 Å². The van der Waals surface area contributed by atoms with Crippen LogP contribution in [-0.2, 0) is 11.8 Å². The van der Waals surface area contributed by atoms with Crippen LogP contribution < -0.4 is 5.32 Å². The van der Waals surface area contributed by atoms with Gasteiger partial charge in [0.2, 0.25) is 0 Å². The van der Waals surface area contributed by atoms with E-state index in [0.29, 0.717) is 0 Å². The molecule has 1 aromatic heterocycles. The fraction of sp³-hybridized carbons (Fsp3) is 0.643. The van der Waals surface area contributed by atoms with Crippen LogP contribution in [0.5, 0.6) is 0 Å². The number of nitrogens with zero attached hydrogens (tertiary/aromatic N) is 1. The van der Waals surface area contributed by atoms with Crippen molar-refractivity contribution >= 4 is 11.3 Å². The lowest BCUT2D eigenvalue weighted by atomic mass is 9.93. The van der Waals surface area contributed by atoms with E-state index in [4.69, 9.17) is 4.98 Å². The normalized spacial score (nSPS) is 13.1. The molecule has 2 nitrogen and oxygen atoms in total. The Labute approximate surface area is 109 Å². The van der Waals surface area contributed by atoms with Crippen molar-refractivity contribution in [2.24, 2.45) is 0 Å². The summed E-state index contributed by atoms with van der Waals surface area (Å²) >= 11 is 1.78. The molecule has 0 aliphatic heterocycles. The van der Waals surface area contributed by atoms with Crippen molar-refractivity contribution in [3.8, 4) is 0 Å². The monoisotopic (exact) mass is 252 g/mol. The van der Waals surface area contributed by atoms with Gasteiger partial charge < -0.3 is 5.32 Å². The van der Waals surface area contributed by atoms with Crippen LogP contribution >= 0.6 is 11.3 Å². The highest BCUT2D eigenvalue weighted by Gasteiger charge is 2.17. The van der Waals surface area contributed by atoms with E-state index in [1.165, 1.54) is 16.3 Å². The van der Waals surface area contributed by atoms with Gasteiger partial charge in [-0.15, -0.1) is 11.3 Å². The summed E-state index contributed by atoms with van der Waals surface area (Å²) in [4.78, 5) is 4.71. The fourth-order valence-corrected chi connectivity index (χ4v) is 2.63. The zero-order valence-electron chi connectivity index (χ0n) is 11.6. The zero-order chi connectivity index (χ0) is 12.9. The van der Waals surface area contributed by atoms with Crippen molar-refractivity contribution in [1.29, 1.82) is 0 Å². The van der Waals surface area contributed by atoms with E-state index >= 15 is 0 Å². The van der Waals surface area contributed by atoms with Gasteiger partial charge in [0.25, 0.3) is 0 Å². The maximum absolute atomic E-state index is 4.71. The second-order valence-electron chi connectivity index (χ2n) is 5.50. The Bertz CT molecular complexity index is 372. The van der Waals surface area contributed by atoms with Gasteiger partial charge >= 0.3 is 0 Å². The number of thiazole rings is 1. The second-order valence-corrected chi connectivity index (χ2v) is 6.44. The Morgan fingerprint density at radius 3 is 2.71 bits per heavy atom. The van der Waals surface area contributed by atoms with Gasteiger partial charge in [-0.2, -0.15) is 0 Å². The van der Waals surface area contributed by atoms with Gasteiger partial charge in [0.15, 0.2) is 0 Å². The molecule has 17 heavy (non-hydrogen) atoms.